The molecule has 1 heterocycles. The van der Waals surface area contributed by atoms with E-state index < -0.39 is 0 Å². The minimum absolute atomic E-state index is 0.324. The van der Waals surface area contributed by atoms with Crippen molar-refractivity contribution < 1.29 is 14.3 Å². The molecule has 0 bridgehead atoms. The Balaban J connectivity index is 2.47. The van der Waals surface area contributed by atoms with Gasteiger partial charge in [-0.15, -0.1) is 0 Å². The second-order valence-electron chi connectivity index (χ2n) is 4.00. The Labute approximate surface area is 131 Å². The van der Waals surface area contributed by atoms with Gasteiger partial charge in [-0.25, -0.2) is 9.78 Å². The molecule has 0 saturated carbocycles. The summed E-state index contributed by atoms with van der Waals surface area (Å²) >= 11 is 2.21. The molecule has 0 aliphatic rings. The number of pyridine rings is 1. The van der Waals surface area contributed by atoms with E-state index in [1.165, 1.54) is 0 Å². The molecule has 0 fully saturated rings. The number of nitrogens with zero attached hydrogens (tertiary/aromatic N) is 1. The molecule has 0 unspecified atom stereocenters. The average molecular weight is 383 g/mol. The number of methoxy groups -OCH3 is 1. The van der Waals surface area contributed by atoms with Crippen molar-refractivity contribution >= 4 is 28.6 Å². The van der Waals surface area contributed by atoms with Gasteiger partial charge < -0.3 is 9.47 Å². The van der Waals surface area contributed by atoms with Gasteiger partial charge in [0.05, 0.1) is 19.3 Å². The Morgan fingerprint density at radius 1 is 1.30 bits per heavy atom. The van der Waals surface area contributed by atoms with E-state index in [4.69, 9.17) is 9.47 Å². The van der Waals surface area contributed by atoms with E-state index in [0.29, 0.717) is 18.1 Å². The number of halogens is 1. The average Bonchev–Trinajstić information content (AvgIpc) is 2.47. The molecule has 0 spiro atoms. The number of aromatic nitrogens is 1. The van der Waals surface area contributed by atoms with Crippen LogP contribution in [0.15, 0.2) is 36.5 Å². The molecule has 0 radical (unpaired) electrons. The lowest BCUT2D eigenvalue weighted by molar-refractivity contribution is 0.0527. The monoisotopic (exact) mass is 383 g/mol. The zero-order valence-electron chi connectivity index (χ0n) is 11.2. The summed E-state index contributed by atoms with van der Waals surface area (Å²) < 4.78 is 11.2. The Bertz CT molecular complexity index is 611. The molecule has 0 amide bonds. The van der Waals surface area contributed by atoms with Crippen molar-refractivity contribution in [2.75, 3.05) is 13.7 Å². The summed E-state index contributed by atoms with van der Waals surface area (Å²) in [6, 6.07) is 9.24. The Hall–Kier alpha value is -1.63. The summed E-state index contributed by atoms with van der Waals surface area (Å²) in [4.78, 5) is 16.2. The van der Waals surface area contributed by atoms with Crippen LogP contribution in [0, 0.1) is 3.57 Å². The van der Waals surface area contributed by atoms with Gasteiger partial charge in [0.2, 0.25) is 5.88 Å². The van der Waals surface area contributed by atoms with Crippen LogP contribution in [-0.4, -0.2) is 24.7 Å². The Kier molecular flexibility index (Phi) is 4.94. The van der Waals surface area contributed by atoms with E-state index >= 15 is 0 Å². The van der Waals surface area contributed by atoms with Gasteiger partial charge in [-0.2, -0.15) is 0 Å². The molecule has 0 saturated heterocycles. The van der Waals surface area contributed by atoms with Gasteiger partial charge >= 0.3 is 5.97 Å². The number of rotatable bonds is 4. The molecule has 4 nitrogen and oxygen atoms in total. The number of hydrogen-bond acceptors (Lipinski definition) is 4. The van der Waals surface area contributed by atoms with E-state index in [1.54, 1.807) is 32.4 Å². The third-order valence-electron chi connectivity index (χ3n) is 2.73. The maximum absolute atomic E-state index is 12.0. The predicted molar refractivity (Wildman–Crippen MR) is 84.9 cm³/mol. The van der Waals surface area contributed by atoms with Crippen molar-refractivity contribution in [2.45, 2.75) is 6.92 Å². The van der Waals surface area contributed by atoms with Crippen LogP contribution in [0.5, 0.6) is 5.88 Å². The summed E-state index contributed by atoms with van der Waals surface area (Å²) in [7, 11) is 1.57. The largest absolute Gasteiger partial charge is 0.481 e. The minimum Gasteiger partial charge on any atom is -0.481 e. The van der Waals surface area contributed by atoms with Crippen LogP contribution in [0.3, 0.4) is 0 Å². The summed E-state index contributed by atoms with van der Waals surface area (Å²) in [5.41, 5.74) is 2.21. The van der Waals surface area contributed by atoms with Crippen LogP contribution < -0.4 is 4.74 Å². The first kappa shape index (κ1) is 14.8. The van der Waals surface area contributed by atoms with E-state index in [9.17, 15) is 4.79 Å². The Morgan fingerprint density at radius 3 is 2.70 bits per heavy atom. The maximum atomic E-state index is 12.0. The zero-order chi connectivity index (χ0) is 14.5. The van der Waals surface area contributed by atoms with Crippen LogP contribution >= 0.6 is 22.6 Å². The fraction of sp³-hybridized carbons (Fsp3) is 0.200. The first-order chi connectivity index (χ1) is 9.65. The molecule has 1 aromatic heterocycles. The third kappa shape index (κ3) is 3.27. The van der Waals surface area contributed by atoms with Gasteiger partial charge in [0.25, 0.3) is 0 Å². The van der Waals surface area contributed by atoms with Crippen molar-refractivity contribution in [3.05, 3.63) is 45.7 Å². The molecule has 20 heavy (non-hydrogen) atoms. The first-order valence-electron chi connectivity index (χ1n) is 6.12. The molecular formula is C15H14INO3. The zero-order valence-corrected chi connectivity index (χ0v) is 13.4. The van der Waals surface area contributed by atoms with Gasteiger partial charge in [-0.1, -0.05) is 0 Å². The molecule has 2 rings (SSSR count). The summed E-state index contributed by atoms with van der Waals surface area (Å²) in [6.45, 7) is 2.14. The third-order valence-corrected chi connectivity index (χ3v) is 3.40. The SMILES string of the molecule is CCOC(=O)c1ccc(I)cc1-c1ccc(OC)nc1. The molecule has 5 heteroatoms. The topological polar surface area (TPSA) is 48.4 Å². The van der Waals surface area contributed by atoms with Crippen molar-refractivity contribution in [3.63, 3.8) is 0 Å². The highest BCUT2D eigenvalue weighted by Gasteiger charge is 2.14. The molecule has 2 aromatic rings. The van der Waals surface area contributed by atoms with Crippen LogP contribution in [0.1, 0.15) is 17.3 Å². The molecule has 104 valence electrons. The van der Waals surface area contributed by atoms with Crippen LogP contribution in [0.25, 0.3) is 11.1 Å². The summed E-state index contributed by atoms with van der Waals surface area (Å²) in [5, 5.41) is 0. The van der Waals surface area contributed by atoms with Crippen molar-refractivity contribution in [1.29, 1.82) is 0 Å². The smallest absolute Gasteiger partial charge is 0.338 e. The molecule has 1 aromatic carbocycles. The van der Waals surface area contributed by atoms with Crippen molar-refractivity contribution in [2.24, 2.45) is 0 Å². The fourth-order valence-corrected chi connectivity index (χ4v) is 2.29. The van der Waals surface area contributed by atoms with Gasteiger partial charge in [0, 0.05) is 21.4 Å². The van der Waals surface area contributed by atoms with Gasteiger partial charge in [-0.05, 0) is 59.3 Å². The number of hydrogen-bond donors (Lipinski definition) is 0. The number of ether oxygens (including phenoxy) is 2. The highest BCUT2D eigenvalue weighted by Crippen LogP contribution is 2.27. The summed E-state index contributed by atoms with van der Waals surface area (Å²) in [5.74, 6) is 0.215. The van der Waals surface area contributed by atoms with Crippen LogP contribution in [0.2, 0.25) is 0 Å². The quantitative estimate of drug-likeness (QED) is 0.599. The molecular weight excluding hydrogens is 369 g/mol. The highest BCUT2D eigenvalue weighted by molar-refractivity contribution is 14.1. The van der Waals surface area contributed by atoms with Crippen molar-refractivity contribution in [1.82, 2.24) is 4.98 Å². The lowest BCUT2D eigenvalue weighted by atomic mass is 10.0. The number of carbonyl (C=O) groups is 1. The molecule has 0 aliphatic heterocycles. The van der Waals surface area contributed by atoms with Crippen LogP contribution in [0.4, 0.5) is 0 Å². The molecule has 0 aliphatic carbocycles. The van der Waals surface area contributed by atoms with Crippen LogP contribution in [-0.2, 0) is 4.74 Å². The van der Waals surface area contributed by atoms with E-state index in [2.05, 4.69) is 27.6 Å². The summed E-state index contributed by atoms with van der Waals surface area (Å²) in [6.07, 6.45) is 1.69. The second kappa shape index (κ2) is 6.69. The molecule has 0 N–H and O–H groups in total. The predicted octanol–water partition coefficient (Wildman–Crippen LogP) is 3.54. The lowest BCUT2D eigenvalue weighted by Crippen LogP contribution is -2.06. The number of carbonyl (C=O) groups excluding carboxylic acids is 1. The van der Waals surface area contributed by atoms with Gasteiger partial charge in [0.1, 0.15) is 0 Å². The first-order valence-corrected chi connectivity index (χ1v) is 7.20. The molecule has 0 atom stereocenters. The lowest BCUT2D eigenvalue weighted by Gasteiger charge is -2.10. The van der Waals surface area contributed by atoms with E-state index in [-0.39, 0.29) is 5.97 Å². The number of benzene rings is 1. The maximum Gasteiger partial charge on any atom is 0.338 e. The van der Waals surface area contributed by atoms with Gasteiger partial charge in [0.15, 0.2) is 0 Å². The van der Waals surface area contributed by atoms with E-state index in [1.807, 2.05) is 18.2 Å². The number of esters is 1. The minimum atomic E-state index is -0.324. The second-order valence-corrected chi connectivity index (χ2v) is 5.25. The normalized spacial score (nSPS) is 10.2. The Morgan fingerprint density at radius 2 is 2.10 bits per heavy atom. The highest BCUT2D eigenvalue weighted by atomic mass is 127. The fourth-order valence-electron chi connectivity index (χ4n) is 1.80. The van der Waals surface area contributed by atoms with Crippen molar-refractivity contribution in [3.8, 4) is 17.0 Å². The standard InChI is InChI=1S/C15H14INO3/c1-3-20-15(18)12-6-5-11(16)8-13(12)10-4-7-14(19-2)17-9-10/h4-9H,3H2,1-2H3. The van der Waals surface area contributed by atoms with Gasteiger partial charge in [-0.3, -0.25) is 0 Å². The van der Waals surface area contributed by atoms with E-state index in [0.717, 1.165) is 14.7 Å².